The van der Waals surface area contributed by atoms with Gasteiger partial charge in [0.2, 0.25) is 0 Å². The smallest absolute Gasteiger partial charge is 0.0575 e. The van der Waals surface area contributed by atoms with Gasteiger partial charge in [-0.2, -0.15) is 0 Å². The summed E-state index contributed by atoms with van der Waals surface area (Å²) in [4.78, 5) is 0. The molecule has 0 bridgehead atoms. The van der Waals surface area contributed by atoms with Crippen LogP contribution in [0.15, 0.2) is 0 Å². The predicted octanol–water partition coefficient (Wildman–Crippen LogP) is 2.85. The highest BCUT2D eigenvalue weighted by Gasteiger charge is 2.22. The Morgan fingerprint density at radius 2 is 1.87 bits per heavy atom. The second-order valence-electron chi connectivity index (χ2n) is 5.35. The van der Waals surface area contributed by atoms with Crippen LogP contribution in [0, 0.1) is 5.92 Å². The third-order valence-corrected chi connectivity index (χ3v) is 3.78. The van der Waals surface area contributed by atoms with E-state index in [4.69, 9.17) is 10.5 Å². The molecule has 2 nitrogen and oxygen atoms in total. The topological polar surface area (TPSA) is 35.2 Å². The standard InChI is InChI=1S/C13H25NO/c14-12(7-6-11-4-5-11)8-9-13-3-1-2-10-15-13/h11-13H,1-10,14H2. The van der Waals surface area contributed by atoms with Crippen LogP contribution in [0.5, 0.6) is 0 Å². The van der Waals surface area contributed by atoms with Crippen LogP contribution in [0.1, 0.15) is 57.8 Å². The van der Waals surface area contributed by atoms with E-state index in [9.17, 15) is 0 Å². The van der Waals surface area contributed by atoms with Crippen molar-refractivity contribution in [3.05, 3.63) is 0 Å². The summed E-state index contributed by atoms with van der Waals surface area (Å²) >= 11 is 0. The fourth-order valence-corrected chi connectivity index (χ4v) is 2.44. The minimum atomic E-state index is 0.427. The Bertz CT molecular complexity index is 173. The van der Waals surface area contributed by atoms with Gasteiger partial charge in [-0.15, -0.1) is 0 Å². The van der Waals surface area contributed by atoms with Crippen LogP contribution in [0.2, 0.25) is 0 Å². The number of nitrogens with two attached hydrogens (primary N) is 1. The molecule has 0 aromatic heterocycles. The molecule has 1 aliphatic heterocycles. The van der Waals surface area contributed by atoms with E-state index in [2.05, 4.69) is 0 Å². The monoisotopic (exact) mass is 211 g/mol. The van der Waals surface area contributed by atoms with Gasteiger partial charge in [0.25, 0.3) is 0 Å². The number of hydrogen-bond acceptors (Lipinski definition) is 2. The van der Waals surface area contributed by atoms with Crippen LogP contribution < -0.4 is 5.73 Å². The third kappa shape index (κ3) is 4.52. The van der Waals surface area contributed by atoms with E-state index in [1.165, 1.54) is 51.4 Å². The SMILES string of the molecule is NC(CCC1CC1)CCC1CCCCO1. The van der Waals surface area contributed by atoms with Gasteiger partial charge in [0.05, 0.1) is 6.10 Å². The molecular formula is C13H25NO. The maximum Gasteiger partial charge on any atom is 0.0575 e. The van der Waals surface area contributed by atoms with Crippen LogP contribution >= 0.6 is 0 Å². The number of ether oxygens (including phenoxy) is 1. The molecule has 88 valence electrons. The second-order valence-corrected chi connectivity index (χ2v) is 5.35. The maximum absolute atomic E-state index is 6.11. The lowest BCUT2D eigenvalue weighted by Gasteiger charge is -2.23. The van der Waals surface area contributed by atoms with Crippen molar-refractivity contribution in [3.8, 4) is 0 Å². The molecule has 2 atom stereocenters. The summed E-state index contributed by atoms with van der Waals surface area (Å²) in [5, 5.41) is 0. The Kier molecular flexibility index (Phi) is 4.45. The van der Waals surface area contributed by atoms with Crippen LogP contribution in [0.3, 0.4) is 0 Å². The van der Waals surface area contributed by atoms with Gasteiger partial charge in [-0.3, -0.25) is 0 Å². The van der Waals surface area contributed by atoms with E-state index in [0.717, 1.165) is 18.9 Å². The fraction of sp³-hybridized carbons (Fsp3) is 1.00. The summed E-state index contributed by atoms with van der Waals surface area (Å²) in [6, 6.07) is 0.427. The van der Waals surface area contributed by atoms with E-state index in [0.29, 0.717) is 12.1 Å². The van der Waals surface area contributed by atoms with Crippen molar-refractivity contribution < 1.29 is 4.74 Å². The first-order chi connectivity index (χ1) is 7.34. The fourth-order valence-electron chi connectivity index (χ4n) is 2.44. The van der Waals surface area contributed by atoms with Gasteiger partial charge in [-0.1, -0.05) is 12.8 Å². The zero-order valence-corrected chi connectivity index (χ0v) is 9.79. The molecule has 2 rings (SSSR count). The lowest BCUT2D eigenvalue weighted by Crippen LogP contribution is -2.25. The van der Waals surface area contributed by atoms with Crippen molar-refractivity contribution in [2.45, 2.75) is 69.9 Å². The minimum Gasteiger partial charge on any atom is -0.378 e. The Morgan fingerprint density at radius 1 is 1.07 bits per heavy atom. The highest BCUT2D eigenvalue weighted by Crippen LogP contribution is 2.34. The first-order valence-corrected chi connectivity index (χ1v) is 6.72. The molecule has 0 aromatic rings. The Morgan fingerprint density at radius 3 is 2.53 bits per heavy atom. The molecule has 0 amide bonds. The lowest BCUT2D eigenvalue weighted by atomic mass is 9.99. The molecule has 1 saturated carbocycles. The van der Waals surface area contributed by atoms with Gasteiger partial charge in [-0.25, -0.2) is 0 Å². The Hall–Kier alpha value is -0.0800. The first-order valence-electron chi connectivity index (χ1n) is 6.72. The molecule has 2 N–H and O–H groups in total. The van der Waals surface area contributed by atoms with E-state index in [1.54, 1.807) is 0 Å². The van der Waals surface area contributed by atoms with Crippen molar-refractivity contribution in [2.24, 2.45) is 11.7 Å². The van der Waals surface area contributed by atoms with E-state index in [1.807, 2.05) is 0 Å². The highest BCUT2D eigenvalue weighted by molar-refractivity contribution is 4.76. The summed E-state index contributed by atoms with van der Waals surface area (Å²) in [5.74, 6) is 1.03. The molecule has 0 spiro atoms. The molecular weight excluding hydrogens is 186 g/mol. The molecule has 2 heteroatoms. The van der Waals surface area contributed by atoms with Crippen molar-refractivity contribution in [1.82, 2.24) is 0 Å². The molecule has 1 saturated heterocycles. The van der Waals surface area contributed by atoms with Crippen LogP contribution in [0.4, 0.5) is 0 Å². The van der Waals surface area contributed by atoms with E-state index >= 15 is 0 Å². The largest absolute Gasteiger partial charge is 0.378 e. The average Bonchev–Trinajstić information content (AvgIpc) is 3.09. The van der Waals surface area contributed by atoms with Crippen molar-refractivity contribution >= 4 is 0 Å². The van der Waals surface area contributed by atoms with Gasteiger partial charge in [0.15, 0.2) is 0 Å². The van der Waals surface area contributed by atoms with Gasteiger partial charge in [-0.05, 0) is 50.9 Å². The summed E-state index contributed by atoms with van der Waals surface area (Å²) in [5.41, 5.74) is 6.11. The minimum absolute atomic E-state index is 0.427. The molecule has 1 heterocycles. The zero-order chi connectivity index (χ0) is 10.5. The van der Waals surface area contributed by atoms with E-state index in [-0.39, 0.29) is 0 Å². The molecule has 2 fully saturated rings. The lowest BCUT2D eigenvalue weighted by molar-refractivity contribution is 0.00900. The van der Waals surface area contributed by atoms with Crippen LogP contribution in [-0.4, -0.2) is 18.8 Å². The van der Waals surface area contributed by atoms with Gasteiger partial charge in [0, 0.05) is 12.6 Å². The van der Waals surface area contributed by atoms with Gasteiger partial charge >= 0.3 is 0 Å². The maximum atomic E-state index is 6.11. The van der Waals surface area contributed by atoms with Crippen LogP contribution in [-0.2, 0) is 4.74 Å². The summed E-state index contributed by atoms with van der Waals surface area (Å²) in [6.07, 6.45) is 12.2. The molecule has 0 aromatic carbocycles. The molecule has 2 aliphatic rings. The predicted molar refractivity (Wildman–Crippen MR) is 62.8 cm³/mol. The Labute approximate surface area is 93.6 Å². The summed E-state index contributed by atoms with van der Waals surface area (Å²) < 4.78 is 5.71. The molecule has 2 unspecified atom stereocenters. The van der Waals surface area contributed by atoms with Gasteiger partial charge < -0.3 is 10.5 Å². The van der Waals surface area contributed by atoms with Crippen molar-refractivity contribution in [3.63, 3.8) is 0 Å². The summed E-state index contributed by atoms with van der Waals surface area (Å²) in [6.45, 7) is 0.974. The highest BCUT2D eigenvalue weighted by atomic mass is 16.5. The van der Waals surface area contributed by atoms with E-state index < -0.39 is 0 Å². The Balaban J connectivity index is 1.50. The van der Waals surface area contributed by atoms with Crippen LogP contribution in [0.25, 0.3) is 0 Å². The van der Waals surface area contributed by atoms with Crippen molar-refractivity contribution in [2.75, 3.05) is 6.61 Å². The molecule has 15 heavy (non-hydrogen) atoms. The number of rotatable bonds is 6. The average molecular weight is 211 g/mol. The van der Waals surface area contributed by atoms with Gasteiger partial charge in [0.1, 0.15) is 0 Å². The first kappa shape index (κ1) is 11.4. The zero-order valence-electron chi connectivity index (χ0n) is 9.79. The molecule has 1 aliphatic carbocycles. The number of hydrogen-bond donors (Lipinski definition) is 1. The quantitative estimate of drug-likeness (QED) is 0.733. The second kappa shape index (κ2) is 5.86. The van der Waals surface area contributed by atoms with Crippen molar-refractivity contribution in [1.29, 1.82) is 0 Å². The third-order valence-electron chi connectivity index (χ3n) is 3.78. The molecule has 0 radical (unpaired) electrons. The summed E-state index contributed by atoms with van der Waals surface area (Å²) in [7, 11) is 0. The normalized spacial score (nSPS) is 29.0.